The second-order valence-electron chi connectivity index (χ2n) is 6.18. The second kappa shape index (κ2) is 6.64. The van der Waals surface area contributed by atoms with Crippen molar-refractivity contribution in [1.29, 1.82) is 0 Å². The lowest BCUT2D eigenvalue weighted by atomic mass is 9.93. The quantitative estimate of drug-likeness (QED) is 0.860. The molecule has 0 atom stereocenters. The van der Waals surface area contributed by atoms with E-state index in [0.717, 1.165) is 18.7 Å². The predicted octanol–water partition coefficient (Wildman–Crippen LogP) is 3.38. The summed E-state index contributed by atoms with van der Waals surface area (Å²) in [5.74, 6) is 0. The van der Waals surface area contributed by atoms with Gasteiger partial charge in [0.25, 0.3) is 0 Å². The van der Waals surface area contributed by atoms with Crippen LogP contribution in [-0.2, 0) is 24.3 Å². The third-order valence-corrected chi connectivity index (χ3v) is 3.55. The maximum atomic E-state index is 5.24. The molecule has 1 aromatic rings. The van der Waals surface area contributed by atoms with E-state index in [1.165, 1.54) is 9.88 Å². The van der Waals surface area contributed by atoms with Crippen molar-refractivity contribution in [3.63, 3.8) is 0 Å². The Hall–Kier alpha value is -0.450. The summed E-state index contributed by atoms with van der Waals surface area (Å²) in [7, 11) is 1.72. The molecule has 0 aromatic carbocycles. The highest BCUT2D eigenvalue weighted by atomic mass is 32.1. The molecule has 0 amide bonds. The number of hydrogen-bond acceptors (Lipinski definition) is 4. The van der Waals surface area contributed by atoms with Crippen LogP contribution in [0.25, 0.3) is 0 Å². The first kappa shape index (κ1) is 15.6. The van der Waals surface area contributed by atoms with E-state index in [0.29, 0.717) is 12.6 Å². The average Bonchev–Trinajstić information content (AvgIpc) is 2.55. The summed E-state index contributed by atoms with van der Waals surface area (Å²) in [6.45, 7) is 12.6. The summed E-state index contributed by atoms with van der Waals surface area (Å²) in [6.07, 6.45) is 1.02. The van der Waals surface area contributed by atoms with Crippen LogP contribution in [0.1, 0.15) is 50.2 Å². The molecule has 0 aliphatic heterocycles. The molecule has 1 aromatic heterocycles. The highest BCUT2D eigenvalue weighted by Gasteiger charge is 2.17. The number of nitrogens with zero attached hydrogens (tertiary/aromatic N) is 1. The van der Waals surface area contributed by atoms with Crippen molar-refractivity contribution in [2.24, 2.45) is 5.41 Å². The Bertz CT molecular complexity index is 366. The van der Waals surface area contributed by atoms with E-state index < -0.39 is 0 Å². The van der Waals surface area contributed by atoms with Crippen LogP contribution in [0.5, 0.6) is 0 Å². The number of nitrogens with one attached hydrogen (secondary N) is 1. The van der Waals surface area contributed by atoms with Crippen molar-refractivity contribution >= 4 is 11.3 Å². The van der Waals surface area contributed by atoms with Crippen molar-refractivity contribution in [2.45, 2.75) is 60.2 Å². The Morgan fingerprint density at radius 3 is 2.50 bits per heavy atom. The molecule has 4 heteroatoms. The van der Waals surface area contributed by atoms with Crippen LogP contribution >= 0.6 is 11.3 Å². The Morgan fingerprint density at radius 2 is 2.00 bits per heavy atom. The van der Waals surface area contributed by atoms with Gasteiger partial charge in [-0.1, -0.05) is 34.6 Å². The molecule has 0 saturated carbocycles. The summed E-state index contributed by atoms with van der Waals surface area (Å²) in [5.41, 5.74) is 1.38. The van der Waals surface area contributed by atoms with Crippen molar-refractivity contribution in [1.82, 2.24) is 10.3 Å². The van der Waals surface area contributed by atoms with Gasteiger partial charge in [-0.25, -0.2) is 4.98 Å². The second-order valence-corrected chi connectivity index (χ2v) is 7.35. The Morgan fingerprint density at radius 1 is 1.33 bits per heavy atom. The maximum absolute atomic E-state index is 5.24. The lowest BCUT2D eigenvalue weighted by molar-refractivity contribution is 0.181. The molecule has 0 unspecified atom stereocenters. The zero-order chi connectivity index (χ0) is 13.8. The molecule has 104 valence electrons. The molecule has 0 bridgehead atoms. The van der Waals surface area contributed by atoms with Gasteiger partial charge in [0.15, 0.2) is 0 Å². The minimum atomic E-state index is 0.283. The van der Waals surface area contributed by atoms with E-state index in [4.69, 9.17) is 9.72 Å². The van der Waals surface area contributed by atoms with Gasteiger partial charge in [-0.05, 0) is 5.41 Å². The van der Waals surface area contributed by atoms with E-state index in [9.17, 15) is 0 Å². The Labute approximate surface area is 115 Å². The van der Waals surface area contributed by atoms with E-state index >= 15 is 0 Å². The average molecular weight is 270 g/mol. The molecule has 0 spiro atoms. The molecule has 0 radical (unpaired) electrons. The standard InChI is InChI=1S/C14H26N2OS/c1-10(2)15-8-12-11(9-17-6)16-13(18-12)7-14(3,4)5/h10,15H,7-9H2,1-6H3. The monoisotopic (exact) mass is 270 g/mol. The number of thiazole rings is 1. The van der Waals surface area contributed by atoms with Gasteiger partial charge in [0.05, 0.1) is 17.3 Å². The van der Waals surface area contributed by atoms with E-state index in [1.54, 1.807) is 7.11 Å². The minimum Gasteiger partial charge on any atom is -0.378 e. The molecular formula is C14H26N2OS. The van der Waals surface area contributed by atoms with Crippen LogP contribution in [-0.4, -0.2) is 18.1 Å². The summed E-state index contributed by atoms with van der Waals surface area (Å²) in [6, 6.07) is 0.494. The number of ether oxygens (including phenoxy) is 1. The third-order valence-electron chi connectivity index (χ3n) is 2.46. The fourth-order valence-electron chi connectivity index (χ4n) is 1.65. The highest BCUT2D eigenvalue weighted by Crippen LogP contribution is 2.26. The van der Waals surface area contributed by atoms with Crippen LogP contribution in [0.15, 0.2) is 0 Å². The fourth-order valence-corrected chi connectivity index (χ4v) is 2.97. The van der Waals surface area contributed by atoms with Gasteiger partial charge in [0.1, 0.15) is 0 Å². The molecule has 3 nitrogen and oxygen atoms in total. The molecule has 0 fully saturated rings. The van der Waals surface area contributed by atoms with Gasteiger partial charge in [-0.15, -0.1) is 11.3 Å². The summed E-state index contributed by atoms with van der Waals surface area (Å²) in [4.78, 5) is 6.03. The SMILES string of the molecule is COCc1nc(CC(C)(C)C)sc1CNC(C)C. The van der Waals surface area contributed by atoms with Crippen LogP contribution in [0.3, 0.4) is 0 Å². The molecule has 1 heterocycles. The molecule has 0 aliphatic rings. The fraction of sp³-hybridized carbons (Fsp3) is 0.786. The molecule has 1 N–H and O–H groups in total. The molecular weight excluding hydrogens is 244 g/mol. The van der Waals surface area contributed by atoms with Crippen molar-refractivity contribution in [3.05, 3.63) is 15.6 Å². The third kappa shape index (κ3) is 5.46. The molecule has 1 rings (SSSR count). The van der Waals surface area contributed by atoms with Gasteiger partial charge in [-0.2, -0.15) is 0 Å². The minimum absolute atomic E-state index is 0.283. The van der Waals surface area contributed by atoms with Crippen molar-refractivity contribution in [2.75, 3.05) is 7.11 Å². The highest BCUT2D eigenvalue weighted by molar-refractivity contribution is 7.11. The van der Waals surface area contributed by atoms with Crippen LogP contribution in [0, 0.1) is 5.41 Å². The number of methoxy groups -OCH3 is 1. The first-order chi connectivity index (χ1) is 8.31. The van der Waals surface area contributed by atoms with Gasteiger partial charge in [0.2, 0.25) is 0 Å². The lowest BCUT2D eigenvalue weighted by Crippen LogP contribution is -2.21. The first-order valence-corrected chi connectivity index (χ1v) is 7.33. The molecule has 18 heavy (non-hydrogen) atoms. The number of aromatic nitrogens is 1. The lowest BCUT2D eigenvalue weighted by Gasteiger charge is -2.15. The summed E-state index contributed by atoms with van der Waals surface area (Å²) in [5, 5.41) is 4.67. The van der Waals surface area contributed by atoms with Gasteiger partial charge >= 0.3 is 0 Å². The summed E-state index contributed by atoms with van der Waals surface area (Å²) < 4.78 is 5.24. The Balaban J connectivity index is 2.79. The van der Waals surface area contributed by atoms with E-state index in [1.807, 2.05) is 11.3 Å². The summed E-state index contributed by atoms with van der Waals surface area (Å²) >= 11 is 1.81. The topological polar surface area (TPSA) is 34.1 Å². The normalized spacial score (nSPS) is 12.4. The zero-order valence-electron chi connectivity index (χ0n) is 12.5. The Kier molecular flexibility index (Phi) is 5.76. The van der Waals surface area contributed by atoms with Gasteiger partial charge < -0.3 is 10.1 Å². The number of hydrogen-bond donors (Lipinski definition) is 1. The predicted molar refractivity (Wildman–Crippen MR) is 78.0 cm³/mol. The van der Waals surface area contributed by atoms with Crippen molar-refractivity contribution < 1.29 is 4.74 Å². The molecule has 0 aliphatic carbocycles. The van der Waals surface area contributed by atoms with Crippen LogP contribution < -0.4 is 5.32 Å². The molecule has 0 saturated heterocycles. The van der Waals surface area contributed by atoms with Crippen LogP contribution in [0.2, 0.25) is 0 Å². The van der Waals surface area contributed by atoms with Crippen molar-refractivity contribution in [3.8, 4) is 0 Å². The zero-order valence-corrected chi connectivity index (χ0v) is 13.3. The van der Waals surface area contributed by atoms with E-state index in [-0.39, 0.29) is 5.41 Å². The van der Waals surface area contributed by atoms with Crippen LogP contribution in [0.4, 0.5) is 0 Å². The maximum Gasteiger partial charge on any atom is 0.0937 e. The van der Waals surface area contributed by atoms with Gasteiger partial charge in [-0.3, -0.25) is 0 Å². The smallest absolute Gasteiger partial charge is 0.0937 e. The van der Waals surface area contributed by atoms with E-state index in [2.05, 4.69) is 39.9 Å². The number of rotatable bonds is 6. The van der Waals surface area contributed by atoms with Gasteiger partial charge in [0, 0.05) is 31.0 Å². The first-order valence-electron chi connectivity index (χ1n) is 6.51. The largest absolute Gasteiger partial charge is 0.378 e.